The van der Waals surface area contributed by atoms with E-state index in [4.69, 9.17) is 9.47 Å². The van der Waals surface area contributed by atoms with Crippen LogP contribution in [0.1, 0.15) is 31.8 Å². The summed E-state index contributed by atoms with van der Waals surface area (Å²) < 4.78 is 92.5. The molecule has 0 unspecified atom stereocenters. The second kappa shape index (κ2) is 7.88. The zero-order chi connectivity index (χ0) is 22.1. The Balaban J connectivity index is 1.76. The Morgan fingerprint density at radius 2 is 1.37 bits per heavy atom. The summed E-state index contributed by atoms with van der Waals surface area (Å²) in [5.41, 5.74) is -4.25. The van der Waals surface area contributed by atoms with Crippen molar-refractivity contribution in [3.63, 3.8) is 0 Å². The number of benzene rings is 2. The second-order valence-electron chi connectivity index (χ2n) is 6.15. The Hall–Kier alpha value is -3.24. The maximum absolute atomic E-state index is 12.9. The van der Waals surface area contributed by atoms with E-state index in [2.05, 4.69) is 4.74 Å². The molecule has 2 aromatic carbocycles. The van der Waals surface area contributed by atoms with Crippen LogP contribution in [0.15, 0.2) is 36.4 Å². The number of halogens is 6. The van der Waals surface area contributed by atoms with Crippen molar-refractivity contribution in [1.82, 2.24) is 0 Å². The van der Waals surface area contributed by atoms with Crippen molar-refractivity contribution in [3.8, 4) is 11.5 Å². The summed E-state index contributed by atoms with van der Waals surface area (Å²) in [5, 5.41) is 0. The Morgan fingerprint density at radius 3 is 1.93 bits per heavy atom. The average Bonchev–Trinajstić information content (AvgIpc) is 2.69. The predicted molar refractivity (Wildman–Crippen MR) is 88.5 cm³/mol. The van der Waals surface area contributed by atoms with Gasteiger partial charge in [-0.1, -0.05) is 0 Å². The number of fused-ring (bicyclic) bond motifs is 1. The number of ether oxygens (including phenoxy) is 3. The molecular formula is C19H12F6O5. The van der Waals surface area contributed by atoms with Crippen LogP contribution < -0.4 is 9.47 Å². The number of ketones is 1. The molecule has 0 aliphatic carbocycles. The van der Waals surface area contributed by atoms with Crippen LogP contribution in [0, 0.1) is 0 Å². The first-order valence-electron chi connectivity index (χ1n) is 8.34. The highest BCUT2D eigenvalue weighted by atomic mass is 19.4. The van der Waals surface area contributed by atoms with Crippen LogP contribution >= 0.6 is 0 Å². The van der Waals surface area contributed by atoms with Crippen LogP contribution in [0.2, 0.25) is 0 Å². The molecular weight excluding hydrogens is 422 g/mol. The van der Waals surface area contributed by atoms with E-state index in [0.717, 1.165) is 0 Å². The summed E-state index contributed by atoms with van der Waals surface area (Å²) in [6.07, 6.45) is -10.2. The van der Waals surface area contributed by atoms with Crippen LogP contribution in [0.3, 0.4) is 0 Å². The van der Waals surface area contributed by atoms with Gasteiger partial charge in [-0.15, -0.1) is 0 Å². The number of carbonyl (C=O) groups is 2. The van der Waals surface area contributed by atoms with Gasteiger partial charge in [-0.25, -0.2) is 4.79 Å². The van der Waals surface area contributed by atoms with E-state index in [1.165, 1.54) is 18.2 Å². The molecule has 1 heterocycles. The number of carbonyl (C=O) groups excluding carboxylic acids is 2. The summed E-state index contributed by atoms with van der Waals surface area (Å²) in [6, 6.07) is 4.48. The molecule has 0 saturated carbocycles. The maximum atomic E-state index is 12.9. The molecule has 0 N–H and O–H groups in total. The molecule has 0 aromatic heterocycles. The van der Waals surface area contributed by atoms with Crippen molar-refractivity contribution in [3.05, 3.63) is 58.7 Å². The van der Waals surface area contributed by atoms with Gasteiger partial charge in [0, 0.05) is 5.56 Å². The first-order valence-corrected chi connectivity index (χ1v) is 8.34. The minimum Gasteiger partial charge on any atom is -0.486 e. The number of esters is 1. The van der Waals surface area contributed by atoms with Crippen molar-refractivity contribution in [2.24, 2.45) is 0 Å². The fourth-order valence-corrected chi connectivity index (χ4v) is 2.59. The number of Topliss-reactive ketones (excluding diaryl/α,β-unsaturated/α-hetero) is 1. The Bertz CT molecular complexity index is 948. The van der Waals surface area contributed by atoms with Gasteiger partial charge in [0.25, 0.3) is 0 Å². The molecule has 1 aliphatic heterocycles. The molecule has 11 heteroatoms. The van der Waals surface area contributed by atoms with Crippen LogP contribution in [0.5, 0.6) is 11.5 Å². The zero-order valence-electron chi connectivity index (χ0n) is 14.9. The highest BCUT2D eigenvalue weighted by Crippen LogP contribution is 2.36. The van der Waals surface area contributed by atoms with Crippen LogP contribution in [-0.4, -0.2) is 31.6 Å². The third-order valence-electron chi connectivity index (χ3n) is 4.02. The van der Waals surface area contributed by atoms with Crippen molar-refractivity contribution in [2.75, 3.05) is 19.8 Å². The van der Waals surface area contributed by atoms with E-state index in [0.29, 0.717) is 12.4 Å². The predicted octanol–water partition coefficient (Wildman–Crippen LogP) is 4.54. The normalized spacial score (nSPS) is 13.7. The van der Waals surface area contributed by atoms with Crippen LogP contribution in [-0.2, 0) is 17.1 Å². The van der Waals surface area contributed by atoms with Gasteiger partial charge >= 0.3 is 18.3 Å². The number of hydrogen-bond acceptors (Lipinski definition) is 5. The summed E-state index contributed by atoms with van der Waals surface area (Å²) in [6.45, 7) is -0.304. The van der Waals surface area contributed by atoms with Gasteiger partial charge < -0.3 is 14.2 Å². The molecule has 5 nitrogen and oxygen atoms in total. The highest BCUT2D eigenvalue weighted by Gasteiger charge is 2.37. The largest absolute Gasteiger partial charge is 0.486 e. The fourth-order valence-electron chi connectivity index (χ4n) is 2.59. The lowest BCUT2D eigenvalue weighted by atomic mass is 10.0. The second-order valence-corrected chi connectivity index (χ2v) is 6.15. The molecule has 2 aromatic rings. The lowest BCUT2D eigenvalue weighted by Gasteiger charge is -2.18. The number of rotatable bonds is 4. The Kier molecular flexibility index (Phi) is 5.64. The quantitative estimate of drug-likeness (QED) is 0.402. The summed E-state index contributed by atoms with van der Waals surface area (Å²) >= 11 is 0. The molecule has 3 rings (SSSR count). The number of alkyl halides is 6. The molecule has 30 heavy (non-hydrogen) atoms. The van der Waals surface area contributed by atoms with Crippen molar-refractivity contribution in [1.29, 1.82) is 0 Å². The lowest BCUT2D eigenvalue weighted by molar-refractivity contribution is -0.143. The van der Waals surface area contributed by atoms with E-state index in [-0.39, 0.29) is 36.1 Å². The topological polar surface area (TPSA) is 61.8 Å². The Labute approximate surface area is 165 Å². The van der Waals surface area contributed by atoms with Gasteiger partial charge in [-0.3, -0.25) is 4.79 Å². The van der Waals surface area contributed by atoms with E-state index >= 15 is 0 Å². The van der Waals surface area contributed by atoms with E-state index in [1.54, 1.807) is 0 Å². The molecule has 0 saturated heterocycles. The molecule has 0 fully saturated rings. The minimum atomic E-state index is -5.11. The molecule has 0 radical (unpaired) electrons. The van der Waals surface area contributed by atoms with Crippen LogP contribution in [0.25, 0.3) is 0 Å². The van der Waals surface area contributed by atoms with E-state index < -0.39 is 47.4 Å². The van der Waals surface area contributed by atoms with E-state index in [9.17, 15) is 35.9 Å². The summed E-state index contributed by atoms with van der Waals surface area (Å²) in [7, 11) is 0. The van der Waals surface area contributed by atoms with Gasteiger partial charge in [0.1, 0.15) is 13.2 Å². The van der Waals surface area contributed by atoms with Crippen molar-refractivity contribution < 1.29 is 50.1 Å². The molecule has 0 bridgehead atoms. The maximum Gasteiger partial charge on any atom is 0.416 e. The van der Waals surface area contributed by atoms with Gasteiger partial charge in [-0.2, -0.15) is 26.3 Å². The smallest absolute Gasteiger partial charge is 0.416 e. The molecule has 0 spiro atoms. The molecule has 0 amide bonds. The van der Waals surface area contributed by atoms with Crippen molar-refractivity contribution in [2.45, 2.75) is 12.4 Å². The van der Waals surface area contributed by atoms with Gasteiger partial charge in [-0.05, 0) is 36.4 Å². The SMILES string of the molecule is O=C(COC(=O)c1cc(C(F)(F)F)cc(C(F)(F)F)c1)c1ccc2c(c1)OCCO2. The molecule has 1 aliphatic rings. The monoisotopic (exact) mass is 434 g/mol. The highest BCUT2D eigenvalue weighted by molar-refractivity contribution is 6.00. The van der Waals surface area contributed by atoms with Crippen molar-refractivity contribution >= 4 is 11.8 Å². The number of hydrogen-bond donors (Lipinski definition) is 0. The van der Waals surface area contributed by atoms with Gasteiger partial charge in [0.05, 0.1) is 16.7 Å². The summed E-state index contributed by atoms with van der Waals surface area (Å²) in [4.78, 5) is 24.2. The van der Waals surface area contributed by atoms with Gasteiger partial charge in [0.2, 0.25) is 0 Å². The average molecular weight is 434 g/mol. The minimum absolute atomic E-state index is 0.0621. The third-order valence-corrected chi connectivity index (χ3v) is 4.02. The fraction of sp³-hybridized carbons (Fsp3) is 0.263. The summed E-state index contributed by atoms with van der Waals surface area (Å²) in [5.74, 6) is -1.55. The third kappa shape index (κ3) is 4.84. The first-order chi connectivity index (χ1) is 13.9. The first kappa shape index (κ1) is 21.5. The Morgan fingerprint density at radius 1 is 0.800 bits per heavy atom. The molecule has 160 valence electrons. The van der Waals surface area contributed by atoms with E-state index in [1.807, 2.05) is 0 Å². The van der Waals surface area contributed by atoms with Crippen LogP contribution in [0.4, 0.5) is 26.3 Å². The van der Waals surface area contributed by atoms with Gasteiger partial charge in [0.15, 0.2) is 23.9 Å². The standard InChI is InChI=1S/C19H12F6O5/c20-18(21,22)12-5-11(6-13(8-12)19(23,24)25)17(27)30-9-14(26)10-1-2-15-16(7-10)29-4-3-28-15/h1-2,5-8H,3-4,9H2. The lowest BCUT2D eigenvalue weighted by Crippen LogP contribution is -2.18. The molecule has 0 atom stereocenters. The zero-order valence-corrected chi connectivity index (χ0v) is 14.9.